The van der Waals surface area contributed by atoms with Crippen molar-refractivity contribution in [2.45, 2.75) is 26.0 Å². The maximum atomic E-state index is 10.7. The van der Waals surface area contributed by atoms with Gasteiger partial charge in [-0.2, -0.15) is 0 Å². The minimum absolute atomic E-state index is 0.0120. The van der Waals surface area contributed by atoms with Crippen molar-refractivity contribution in [1.82, 2.24) is 19.9 Å². The highest BCUT2D eigenvalue weighted by Gasteiger charge is 2.25. The summed E-state index contributed by atoms with van der Waals surface area (Å²) in [7, 11) is 1.75. The number of aromatic nitrogens is 3. The van der Waals surface area contributed by atoms with E-state index in [-0.39, 0.29) is 11.8 Å². The molecule has 7 heteroatoms. The van der Waals surface area contributed by atoms with E-state index in [0.717, 1.165) is 26.1 Å². The summed E-state index contributed by atoms with van der Waals surface area (Å²) in [6.07, 6.45) is 2.86. The SMILES string of the molecule is COC1CN(CCn2cc(C(=O)O)nn2)CCC1C. The Hall–Kier alpha value is -1.47. The molecule has 2 atom stereocenters. The predicted octanol–water partition coefficient (Wildman–Crippen LogP) is 0.333. The second-order valence-electron chi connectivity index (χ2n) is 5.01. The minimum atomic E-state index is -1.04. The van der Waals surface area contributed by atoms with Crippen molar-refractivity contribution in [3.63, 3.8) is 0 Å². The fourth-order valence-electron chi connectivity index (χ4n) is 2.36. The van der Waals surface area contributed by atoms with Crippen LogP contribution in [0, 0.1) is 5.92 Å². The van der Waals surface area contributed by atoms with Crippen LogP contribution in [0.2, 0.25) is 0 Å². The fraction of sp³-hybridized carbons (Fsp3) is 0.750. The van der Waals surface area contributed by atoms with E-state index < -0.39 is 5.97 Å². The molecule has 19 heavy (non-hydrogen) atoms. The molecule has 1 saturated heterocycles. The number of carboxylic acids is 1. The fourth-order valence-corrected chi connectivity index (χ4v) is 2.36. The molecule has 106 valence electrons. The normalized spacial score (nSPS) is 24.5. The summed E-state index contributed by atoms with van der Waals surface area (Å²) in [5.41, 5.74) is -0.0120. The summed E-state index contributed by atoms with van der Waals surface area (Å²) >= 11 is 0. The topological polar surface area (TPSA) is 80.5 Å². The van der Waals surface area contributed by atoms with Gasteiger partial charge < -0.3 is 9.84 Å². The summed E-state index contributed by atoms with van der Waals surface area (Å²) in [5.74, 6) is -0.455. The first-order chi connectivity index (χ1) is 9.10. The van der Waals surface area contributed by atoms with Crippen LogP contribution in [-0.4, -0.2) is 63.8 Å². The Kier molecular flexibility index (Phi) is 4.49. The van der Waals surface area contributed by atoms with E-state index in [2.05, 4.69) is 22.1 Å². The molecule has 1 aromatic rings. The zero-order valence-electron chi connectivity index (χ0n) is 11.3. The molecule has 0 spiro atoms. The third kappa shape index (κ3) is 3.51. The van der Waals surface area contributed by atoms with E-state index in [1.54, 1.807) is 11.8 Å². The number of methoxy groups -OCH3 is 1. The van der Waals surface area contributed by atoms with Gasteiger partial charge in [-0.1, -0.05) is 12.1 Å². The molecule has 1 aliphatic rings. The van der Waals surface area contributed by atoms with Gasteiger partial charge >= 0.3 is 5.97 Å². The summed E-state index contributed by atoms with van der Waals surface area (Å²) in [5, 5.41) is 16.2. The van der Waals surface area contributed by atoms with Crippen molar-refractivity contribution < 1.29 is 14.6 Å². The van der Waals surface area contributed by atoms with Gasteiger partial charge in [0.1, 0.15) is 0 Å². The standard InChI is InChI=1S/C12H20N4O3/c1-9-3-4-15(8-11(9)19-2)5-6-16-7-10(12(17)18)13-14-16/h7,9,11H,3-6,8H2,1-2H3,(H,17,18). The van der Waals surface area contributed by atoms with Gasteiger partial charge in [0.25, 0.3) is 0 Å². The molecule has 7 nitrogen and oxygen atoms in total. The molecular weight excluding hydrogens is 248 g/mol. The lowest BCUT2D eigenvalue weighted by Gasteiger charge is -2.36. The number of likely N-dealkylation sites (tertiary alicyclic amines) is 1. The Morgan fingerprint density at radius 1 is 1.58 bits per heavy atom. The molecule has 1 N–H and O–H groups in total. The van der Waals surface area contributed by atoms with Crippen molar-refractivity contribution in [2.75, 3.05) is 26.7 Å². The minimum Gasteiger partial charge on any atom is -0.476 e. The van der Waals surface area contributed by atoms with Crippen LogP contribution in [-0.2, 0) is 11.3 Å². The predicted molar refractivity (Wildman–Crippen MR) is 68.0 cm³/mol. The van der Waals surface area contributed by atoms with Gasteiger partial charge in [0.15, 0.2) is 5.69 Å². The van der Waals surface area contributed by atoms with Crippen LogP contribution in [0.25, 0.3) is 0 Å². The molecule has 0 bridgehead atoms. The Morgan fingerprint density at radius 3 is 3.00 bits per heavy atom. The quantitative estimate of drug-likeness (QED) is 0.829. The number of carbonyl (C=O) groups is 1. The summed E-state index contributed by atoms with van der Waals surface area (Å²) in [6.45, 7) is 5.64. The first kappa shape index (κ1) is 14.0. The van der Waals surface area contributed by atoms with Crippen molar-refractivity contribution in [2.24, 2.45) is 5.92 Å². The number of piperidine rings is 1. The number of carboxylic acid groups (broad SMARTS) is 1. The molecule has 1 aliphatic heterocycles. The number of rotatable bonds is 5. The molecule has 2 heterocycles. The largest absolute Gasteiger partial charge is 0.476 e. The molecule has 0 aromatic carbocycles. The van der Waals surface area contributed by atoms with Gasteiger partial charge in [-0.15, -0.1) is 5.10 Å². The van der Waals surface area contributed by atoms with Crippen LogP contribution in [0.1, 0.15) is 23.8 Å². The molecule has 2 unspecified atom stereocenters. The molecule has 1 fully saturated rings. The van der Waals surface area contributed by atoms with E-state index in [9.17, 15) is 4.79 Å². The molecule has 0 saturated carbocycles. The van der Waals surface area contributed by atoms with Gasteiger partial charge in [0, 0.05) is 20.2 Å². The van der Waals surface area contributed by atoms with Crippen LogP contribution >= 0.6 is 0 Å². The first-order valence-corrected chi connectivity index (χ1v) is 6.48. The molecular formula is C12H20N4O3. The lowest BCUT2D eigenvalue weighted by Crippen LogP contribution is -2.44. The first-order valence-electron chi connectivity index (χ1n) is 6.48. The van der Waals surface area contributed by atoms with Crippen molar-refractivity contribution >= 4 is 5.97 Å². The monoisotopic (exact) mass is 268 g/mol. The molecule has 0 aliphatic carbocycles. The smallest absolute Gasteiger partial charge is 0.358 e. The molecule has 2 rings (SSSR count). The van der Waals surface area contributed by atoms with Crippen LogP contribution < -0.4 is 0 Å². The van der Waals surface area contributed by atoms with Crippen LogP contribution in [0.4, 0.5) is 0 Å². The van der Waals surface area contributed by atoms with Gasteiger partial charge in [-0.3, -0.25) is 9.58 Å². The van der Waals surface area contributed by atoms with Crippen LogP contribution in [0.3, 0.4) is 0 Å². The Balaban J connectivity index is 1.83. The number of hydrogen-bond donors (Lipinski definition) is 1. The summed E-state index contributed by atoms with van der Waals surface area (Å²) in [4.78, 5) is 13.0. The maximum Gasteiger partial charge on any atom is 0.358 e. The maximum absolute atomic E-state index is 10.7. The van der Waals surface area contributed by atoms with Crippen LogP contribution in [0.15, 0.2) is 6.20 Å². The highest BCUT2D eigenvalue weighted by Crippen LogP contribution is 2.19. The zero-order chi connectivity index (χ0) is 13.8. The highest BCUT2D eigenvalue weighted by molar-refractivity contribution is 5.84. The van der Waals surface area contributed by atoms with Crippen molar-refractivity contribution in [3.8, 4) is 0 Å². The molecule has 0 radical (unpaired) electrons. The second-order valence-corrected chi connectivity index (χ2v) is 5.01. The Labute approximate surface area is 112 Å². The Morgan fingerprint density at radius 2 is 2.37 bits per heavy atom. The van der Waals surface area contributed by atoms with Gasteiger partial charge in [0.2, 0.25) is 0 Å². The number of nitrogens with zero attached hydrogens (tertiary/aromatic N) is 4. The van der Waals surface area contributed by atoms with E-state index in [0.29, 0.717) is 12.5 Å². The number of hydrogen-bond acceptors (Lipinski definition) is 5. The van der Waals surface area contributed by atoms with E-state index >= 15 is 0 Å². The van der Waals surface area contributed by atoms with Crippen molar-refractivity contribution in [3.05, 3.63) is 11.9 Å². The molecule has 0 amide bonds. The van der Waals surface area contributed by atoms with Crippen LogP contribution in [0.5, 0.6) is 0 Å². The average Bonchev–Trinajstić information content (AvgIpc) is 2.87. The van der Waals surface area contributed by atoms with E-state index in [1.165, 1.54) is 6.20 Å². The third-order valence-electron chi connectivity index (χ3n) is 3.68. The highest BCUT2D eigenvalue weighted by atomic mass is 16.5. The van der Waals surface area contributed by atoms with Gasteiger partial charge in [-0.05, 0) is 18.9 Å². The zero-order valence-corrected chi connectivity index (χ0v) is 11.3. The summed E-state index contributed by atoms with van der Waals surface area (Å²) < 4.78 is 7.04. The summed E-state index contributed by atoms with van der Waals surface area (Å²) in [6, 6.07) is 0. The lowest BCUT2D eigenvalue weighted by molar-refractivity contribution is -0.00598. The second kappa shape index (κ2) is 6.12. The third-order valence-corrected chi connectivity index (χ3v) is 3.68. The molecule has 1 aromatic heterocycles. The van der Waals surface area contributed by atoms with Gasteiger partial charge in [0.05, 0.1) is 18.8 Å². The van der Waals surface area contributed by atoms with Crippen molar-refractivity contribution in [1.29, 1.82) is 0 Å². The van der Waals surface area contributed by atoms with Gasteiger partial charge in [-0.25, -0.2) is 4.79 Å². The number of ether oxygens (including phenoxy) is 1. The lowest BCUT2D eigenvalue weighted by atomic mass is 9.96. The number of aromatic carboxylic acids is 1. The van der Waals surface area contributed by atoms with E-state index in [1.807, 2.05) is 0 Å². The average molecular weight is 268 g/mol. The Bertz CT molecular complexity index is 434. The van der Waals surface area contributed by atoms with E-state index in [4.69, 9.17) is 9.84 Å².